The zero-order chi connectivity index (χ0) is 13.0. The standard InChI is InChI=1S/C12H15BrFNO2/c1-7(2)11(16)6-15-12(17)8-3-4-9(13)10(14)5-8/h3-5,7,11,16H,6H2,1-2H3,(H,15,17). The van der Waals surface area contributed by atoms with Crippen molar-refractivity contribution in [1.29, 1.82) is 0 Å². The number of aliphatic hydroxyl groups excluding tert-OH is 1. The highest BCUT2D eigenvalue weighted by Crippen LogP contribution is 2.16. The van der Waals surface area contributed by atoms with E-state index in [4.69, 9.17) is 0 Å². The van der Waals surface area contributed by atoms with Crippen LogP contribution in [0.2, 0.25) is 0 Å². The van der Waals surface area contributed by atoms with E-state index in [2.05, 4.69) is 21.2 Å². The number of halogens is 2. The fourth-order valence-corrected chi connectivity index (χ4v) is 1.42. The summed E-state index contributed by atoms with van der Waals surface area (Å²) in [5.74, 6) is -0.810. The van der Waals surface area contributed by atoms with Crippen molar-refractivity contribution < 1.29 is 14.3 Å². The average molecular weight is 304 g/mol. The Hall–Kier alpha value is -0.940. The number of nitrogens with one attached hydrogen (secondary N) is 1. The number of carbonyl (C=O) groups is 1. The minimum atomic E-state index is -0.598. The predicted octanol–water partition coefficient (Wildman–Crippen LogP) is 2.33. The zero-order valence-corrected chi connectivity index (χ0v) is 11.3. The maximum absolute atomic E-state index is 13.2. The van der Waals surface area contributed by atoms with Crippen LogP contribution < -0.4 is 5.32 Å². The molecule has 1 unspecified atom stereocenters. The van der Waals surface area contributed by atoms with Crippen molar-refractivity contribution in [2.75, 3.05) is 6.54 Å². The van der Waals surface area contributed by atoms with Crippen LogP contribution in [0.15, 0.2) is 22.7 Å². The minimum Gasteiger partial charge on any atom is -0.391 e. The van der Waals surface area contributed by atoms with Crippen LogP contribution in [-0.2, 0) is 0 Å². The maximum Gasteiger partial charge on any atom is 0.251 e. The lowest BCUT2D eigenvalue weighted by Crippen LogP contribution is -2.34. The van der Waals surface area contributed by atoms with Crippen LogP contribution in [-0.4, -0.2) is 23.7 Å². The number of amides is 1. The van der Waals surface area contributed by atoms with E-state index in [0.29, 0.717) is 4.47 Å². The molecule has 0 fully saturated rings. The Kier molecular flexibility index (Phi) is 5.08. The van der Waals surface area contributed by atoms with Crippen molar-refractivity contribution in [3.8, 4) is 0 Å². The predicted molar refractivity (Wildman–Crippen MR) is 67.3 cm³/mol. The molecule has 0 aliphatic heterocycles. The molecule has 0 spiro atoms. The van der Waals surface area contributed by atoms with Gasteiger partial charge in [0.15, 0.2) is 0 Å². The first-order valence-corrected chi connectivity index (χ1v) is 6.12. The molecule has 1 atom stereocenters. The molecule has 0 aromatic heterocycles. The molecule has 17 heavy (non-hydrogen) atoms. The van der Waals surface area contributed by atoms with E-state index in [0.717, 1.165) is 6.07 Å². The lowest BCUT2D eigenvalue weighted by molar-refractivity contribution is 0.0871. The number of aliphatic hydroxyl groups is 1. The summed E-state index contributed by atoms with van der Waals surface area (Å²) >= 11 is 3.01. The molecule has 1 aromatic carbocycles. The largest absolute Gasteiger partial charge is 0.391 e. The van der Waals surface area contributed by atoms with Gasteiger partial charge in [0.05, 0.1) is 10.6 Å². The number of carbonyl (C=O) groups excluding carboxylic acids is 1. The van der Waals surface area contributed by atoms with E-state index < -0.39 is 17.8 Å². The summed E-state index contributed by atoms with van der Waals surface area (Å²) < 4.78 is 13.5. The van der Waals surface area contributed by atoms with E-state index in [9.17, 15) is 14.3 Å². The highest BCUT2D eigenvalue weighted by molar-refractivity contribution is 9.10. The summed E-state index contributed by atoms with van der Waals surface area (Å²) in [7, 11) is 0. The Morgan fingerprint density at radius 3 is 2.71 bits per heavy atom. The summed E-state index contributed by atoms with van der Waals surface area (Å²) in [4.78, 5) is 11.6. The highest BCUT2D eigenvalue weighted by Gasteiger charge is 2.12. The third-order valence-corrected chi connectivity index (χ3v) is 3.07. The first kappa shape index (κ1) is 14.1. The number of rotatable bonds is 4. The van der Waals surface area contributed by atoms with Crippen LogP contribution in [0.4, 0.5) is 4.39 Å². The summed E-state index contributed by atoms with van der Waals surface area (Å²) in [6, 6.07) is 4.15. The average Bonchev–Trinajstić information content (AvgIpc) is 2.28. The molecule has 2 N–H and O–H groups in total. The zero-order valence-electron chi connectivity index (χ0n) is 9.71. The van der Waals surface area contributed by atoms with Crippen molar-refractivity contribution in [2.45, 2.75) is 20.0 Å². The Morgan fingerprint density at radius 1 is 1.53 bits per heavy atom. The lowest BCUT2D eigenvalue weighted by atomic mass is 10.1. The first-order valence-electron chi connectivity index (χ1n) is 5.33. The van der Waals surface area contributed by atoms with Gasteiger partial charge in [-0.3, -0.25) is 4.79 Å². The number of hydrogen-bond acceptors (Lipinski definition) is 2. The van der Waals surface area contributed by atoms with Crippen LogP contribution in [0, 0.1) is 11.7 Å². The molecule has 94 valence electrons. The molecule has 0 saturated heterocycles. The molecule has 1 aromatic rings. The third kappa shape index (κ3) is 4.09. The monoisotopic (exact) mass is 303 g/mol. The van der Waals surface area contributed by atoms with Crippen LogP contribution in [0.25, 0.3) is 0 Å². The molecule has 0 bridgehead atoms. The van der Waals surface area contributed by atoms with Gasteiger partial charge in [-0.1, -0.05) is 13.8 Å². The van der Waals surface area contributed by atoms with Gasteiger partial charge in [-0.25, -0.2) is 4.39 Å². The first-order chi connectivity index (χ1) is 7.91. The van der Waals surface area contributed by atoms with Gasteiger partial charge in [-0.2, -0.15) is 0 Å². The Morgan fingerprint density at radius 2 is 2.18 bits per heavy atom. The third-order valence-electron chi connectivity index (χ3n) is 2.42. The molecular weight excluding hydrogens is 289 g/mol. The molecular formula is C12H15BrFNO2. The van der Waals surface area contributed by atoms with Gasteiger partial charge < -0.3 is 10.4 Å². The van der Waals surface area contributed by atoms with E-state index in [1.165, 1.54) is 12.1 Å². The van der Waals surface area contributed by atoms with Crippen LogP contribution in [0.1, 0.15) is 24.2 Å². The second-order valence-electron chi connectivity index (χ2n) is 4.15. The van der Waals surface area contributed by atoms with Gasteiger partial charge in [-0.05, 0) is 40.0 Å². The molecule has 0 radical (unpaired) electrons. The second kappa shape index (κ2) is 6.12. The van der Waals surface area contributed by atoms with Gasteiger partial charge >= 0.3 is 0 Å². The quantitative estimate of drug-likeness (QED) is 0.897. The van der Waals surface area contributed by atoms with Gasteiger partial charge in [-0.15, -0.1) is 0 Å². The number of benzene rings is 1. The van der Waals surface area contributed by atoms with E-state index in [1.807, 2.05) is 13.8 Å². The molecule has 0 aliphatic rings. The summed E-state index contributed by atoms with van der Waals surface area (Å²) in [6.07, 6.45) is -0.598. The highest BCUT2D eigenvalue weighted by atomic mass is 79.9. The molecule has 1 amide bonds. The molecule has 1 rings (SSSR count). The fraction of sp³-hybridized carbons (Fsp3) is 0.417. The number of hydrogen-bond donors (Lipinski definition) is 2. The molecule has 0 saturated carbocycles. The van der Waals surface area contributed by atoms with Crippen molar-refractivity contribution in [3.63, 3.8) is 0 Å². The van der Waals surface area contributed by atoms with E-state index in [1.54, 1.807) is 0 Å². The van der Waals surface area contributed by atoms with E-state index in [-0.39, 0.29) is 18.0 Å². The van der Waals surface area contributed by atoms with Crippen molar-refractivity contribution >= 4 is 21.8 Å². The van der Waals surface area contributed by atoms with E-state index >= 15 is 0 Å². The topological polar surface area (TPSA) is 49.3 Å². The molecule has 3 nitrogen and oxygen atoms in total. The van der Waals surface area contributed by atoms with Crippen LogP contribution >= 0.6 is 15.9 Å². The Balaban J connectivity index is 2.61. The summed E-state index contributed by atoms with van der Waals surface area (Å²) in [5.41, 5.74) is 0.238. The summed E-state index contributed by atoms with van der Waals surface area (Å²) in [6.45, 7) is 3.88. The molecule has 5 heteroatoms. The second-order valence-corrected chi connectivity index (χ2v) is 5.00. The van der Waals surface area contributed by atoms with Gasteiger partial charge in [0.25, 0.3) is 5.91 Å². The van der Waals surface area contributed by atoms with Crippen molar-refractivity contribution in [2.24, 2.45) is 5.92 Å². The lowest BCUT2D eigenvalue weighted by Gasteiger charge is -2.15. The Labute approximate surface area is 108 Å². The smallest absolute Gasteiger partial charge is 0.251 e. The van der Waals surface area contributed by atoms with Crippen LogP contribution in [0.3, 0.4) is 0 Å². The molecule has 0 heterocycles. The maximum atomic E-state index is 13.2. The Bertz CT molecular complexity index is 409. The fourth-order valence-electron chi connectivity index (χ4n) is 1.17. The van der Waals surface area contributed by atoms with Crippen molar-refractivity contribution in [1.82, 2.24) is 5.32 Å². The van der Waals surface area contributed by atoms with Gasteiger partial charge in [0.2, 0.25) is 0 Å². The van der Waals surface area contributed by atoms with Crippen molar-refractivity contribution in [3.05, 3.63) is 34.1 Å². The minimum absolute atomic E-state index is 0.0666. The normalized spacial score (nSPS) is 12.6. The molecule has 0 aliphatic carbocycles. The SMILES string of the molecule is CC(C)C(O)CNC(=O)c1ccc(Br)c(F)c1. The summed E-state index contributed by atoms with van der Waals surface area (Å²) in [5, 5.41) is 12.1. The van der Waals surface area contributed by atoms with Gasteiger partial charge in [0.1, 0.15) is 5.82 Å². The van der Waals surface area contributed by atoms with Gasteiger partial charge in [0, 0.05) is 12.1 Å². The van der Waals surface area contributed by atoms with Crippen LogP contribution in [0.5, 0.6) is 0 Å².